The number of carbonyl (C=O) groups is 1. The van der Waals surface area contributed by atoms with Gasteiger partial charge in [-0.2, -0.15) is 0 Å². The second-order valence-electron chi connectivity index (χ2n) is 4.49. The number of hydrogen-bond donors (Lipinski definition) is 2. The Bertz CT molecular complexity index is 639. The molecule has 0 spiro atoms. The Morgan fingerprint density at radius 1 is 1.00 bits per heavy atom. The van der Waals surface area contributed by atoms with Gasteiger partial charge in [0.25, 0.3) is 0 Å². The molecular weight excluding hydrogens is 282 g/mol. The lowest BCUT2D eigenvalue weighted by Gasteiger charge is -2.04. The maximum atomic E-state index is 11.4. The van der Waals surface area contributed by atoms with Crippen LogP contribution in [-0.2, 0) is 22.7 Å². The van der Waals surface area contributed by atoms with Crippen molar-refractivity contribution in [3.05, 3.63) is 71.3 Å². The average molecular weight is 299 g/mol. The van der Waals surface area contributed by atoms with Crippen molar-refractivity contribution in [2.75, 3.05) is 0 Å². The first-order valence-electron chi connectivity index (χ1n) is 6.69. The zero-order valence-electron chi connectivity index (χ0n) is 11.9. The van der Waals surface area contributed by atoms with Gasteiger partial charge in [0, 0.05) is 12.1 Å². The minimum absolute atomic E-state index is 0.0835. The van der Waals surface area contributed by atoms with Crippen LogP contribution in [0.15, 0.2) is 59.8 Å². The van der Waals surface area contributed by atoms with Gasteiger partial charge >= 0.3 is 6.16 Å². The summed E-state index contributed by atoms with van der Waals surface area (Å²) in [7, 11) is 0. The molecule has 0 aliphatic carbocycles. The largest absolute Gasteiger partial charge is 0.535 e. The Labute approximate surface area is 128 Å². The molecule has 0 saturated heterocycles. The summed E-state index contributed by atoms with van der Waals surface area (Å²) in [5.74, 6) is 0.0835. The highest BCUT2D eigenvalue weighted by Crippen LogP contribution is 2.05. The third-order valence-electron chi connectivity index (χ3n) is 2.90. The second kappa shape index (κ2) is 7.80. The quantitative estimate of drug-likeness (QED) is 0.289. The Balaban J connectivity index is 1.85. The lowest BCUT2D eigenvalue weighted by Crippen LogP contribution is -2.15. The fourth-order valence-corrected chi connectivity index (χ4v) is 1.69. The van der Waals surface area contributed by atoms with Crippen molar-refractivity contribution in [3.8, 4) is 0 Å². The highest BCUT2D eigenvalue weighted by atomic mass is 16.8. The summed E-state index contributed by atoms with van der Waals surface area (Å²) < 4.78 is 4.91. The van der Waals surface area contributed by atoms with Crippen molar-refractivity contribution in [1.82, 2.24) is 0 Å². The fraction of sp³-hybridized carbons (Fsp3) is 0.125. The van der Waals surface area contributed by atoms with Crippen molar-refractivity contribution in [2.45, 2.75) is 13.2 Å². The van der Waals surface area contributed by atoms with Crippen LogP contribution in [0, 0.1) is 0 Å². The number of hydrogen-bond acceptors (Lipinski definition) is 5. The topological polar surface area (TPSA) is 99.9 Å². The van der Waals surface area contributed by atoms with E-state index in [9.17, 15) is 4.79 Å². The predicted molar refractivity (Wildman–Crippen MR) is 82.8 cm³/mol. The van der Waals surface area contributed by atoms with Gasteiger partial charge in [0.15, 0.2) is 5.84 Å². The van der Waals surface area contributed by atoms with Gasteiger partial charge in [0.2, 0.25) is 0 Å². The molecule has 0 aliphatic heterocycles. The Hall–Kier alpha value is -2.86. The summed E-state index contributed by atoms with van der Waals surface area (Å²) in [5.41, 5.74) is 13.7. The molecule has 2 aromatic rings. The van der Waals surface area contributed by atoms with Crippen LogP contribution in [0.2, 0.25) is 0 Å². The standard InChI is InChI=1S/C16H17N3O3/c17-10-12-6-8-14(9-7-12)15(18)19-22-16(20)21-11-13-4-2-1-3-5-13/h1-9H,10-11,17H2,(H2,18,19). The van der Waals surface area contributed by atoms with Gasteiger partial charge in [0.05, 0.1) is 0 Å². The molecule has 0 amide bonds. The first-order valence-corrected chi connectivity index (χ1v) is 6.69. The lowest BCUT2D eigenvalue weighted by atomic mass is 10.1. The number of benzene rings is 2. The molecule has 0 aromatic heterocycles. The van der Waals surface area contributed by atoms with Crippen LogP contribution in [0.3, 0.4) is 0 Å². The zero-order valence-corrected chi connectivity index (χ0v) is 11.9. The maximum absolute atomic E-state index is 11.4. The fourth-order valence-electron chi connectivity index (χ4n) is 1.69. The molecule has 2 aromatic carbocycles. The highest BCUT2D eigenvalue weighted by molar-refractivity contribution is 5.97. The number of ether oxygens (including phenoxy) is 1. The Morgan fingerprint density at radius 2 is 1.68 bits per heavy atom. The molecule has 0 saturated carbocycles. The zero-order chi connectivity index (χ0) is 15.8. The van der Waals surface area contributed by atoms with Crippen LogP contribution in [0.5, 0.6) is 0 Å². The van der Waals surface area contributed by atoms with Crippen molar-refractivity contribution >= 4 is 12.0 Å². The van der Waals surface area contributed by atoms with Crippen LogP contribution >= 0.6 is 0 Å². The number of amidine groups is 1. The summed E-state index contributed by atoms with van der Waals surface area (Å²) in [5, 5.41) is 3.55. The molecule has 22 heavy (non-hydrogen) atoms. The van der Waals surface area contributed by atoms with Gasteiger partial charge in [-0.05, 0) is 11.1 Å². The van der Waals surface area contributed by atoms with E-state index in [4.69, 9.17) is 16.2 Å². The SMILES string of the molecule is NCc1ccc(/C(N)=N\OC(=O)OCc2ccccc2)cc1. The summed E-state index contributed by atoms with van der Waals surface area (Å²) >= 11 is 0. The molecule has 6 nitrogen and oxygen atoms in total. The first kappa shape index (κ1) is 15.5. The molecular formula is C16H17N3O3. The molecule has 114 valence electrons. The highest BCUT2D eigenvalue weighted by Gasteiger charge is 2.06. The number of carbonyl (C=O) groups excluding carboxylic acids is 1. The van der Waals surface area contributed by atoms with Crippen LogP contribution in [0.25, 0.3) is 0 Å². The Morgan fingerprint density at radius 3 is 2.32 bits per heavy atom. The monoisotopic (exact) mass is 299 g/mol. The van der Waals surface area contributed by atoms with Gasteiger partial charge in [-0.15, -0.1) is 0 Å². The van der Waals surface area contributed by atoms with Crippen molar-refractivity contribution < 1.29 is 14.4 Å². The maximum Gasteiger partial charge on any atom is 0.535 e. The average Bonchev–Trinajstić information content (AvgIpc) is 2.58. The molecule has 6 heteroatoms. The van der Waals surface area contributed by atoms with Crippen LogP contribution in [-0.4, -0.2) is 12.0 Å². The lowest BCUT2D eigenvalue weighted by molar-refractivity contribution is 0.0519. The van der Waals surface area contributed by atoms with Crippen molar-refractivity contribution in [3.63, 3.8) is 0 Å². The van der Waals surface area contributed by atoms with E-state index in [2.05, 4.69) is 9.99 Å². The smallest absolute Gasteiger partial charge is 0.428 e. The summed E-state index contributed by atoms with van der Waals surface area (Å²) in [4.78, 5) is 16.0. The first-order chi connectivity index (χ1) is 10.7. The molecule has 0 unspecified atom stereocenters. The number of oxime groups is 1. The van der Waals surface area contributed by atoms with Gasteiger partial charge in [-0.1, -0.05) is 59.8 Å². The summed E-state index contributed by atoms with van der Waals surface area (Å²) in [6, 6.07) is 16.4. The van der Waals surface area contributed by atoms with Gasteiger partial charge in [-0.3, -0.25) is 4.84 Å². The van der Waals surface area contributed by atoms with Gasteiger partial charge in [-0.25, -0.2) is 4.79 Å². The molecule has 0 heterocycles. The van der Waals surface area contributed by atoms with E-state index in [1.165, 1.54) is 0 Å². The number of nitrogens with zero attached hydrogens (tertiary/aromatic N) is 1. The van der Waals surface area contributed by atoms with Gasteiger partial charge < -0.3 is 16.2 Å². The normalized spacial score (nSPS) is 11.0. The molecule has 0 aliphatic rings. The summed E-state index contributed by atoms with van der Waals surface area (Å²) in [6.45, 7) is 0.555. The minimum atomic E-state index is -0.912. The van der Waals surface area contributed by atoms with Crippen LogP contribution < -0.4 is 11.5 Å². The molecule has 0 atom stereocenters. The van der Waals surface area contributed by atoms with Crippen molar-refractivity contribution in [1.29, 1.82) is 0 Å². The molecule has 4 N–H and O–H groups in total. The Kier molecular flexibility index (Phi) is 5.50. The van der Waals surface area contributed by atoms with Crippen molar-refractivity contribution in [2.24, 2.45) is 16.6 Å². The number of nitrogens with two attached hydrogens (primary N) is 2. The number of rotatable bonds is 5. The predicted octanol–water partition coefficient (Wildman–Crippen LogP) is 2.12. The van der Waals surface area contributed by atoms with E-state index in [0.29, 0.717) is 12.1 Å². The molecule has 0 fully saturated rings. The second-order valence-corrected chi connectivity index (χ2v) is 4.49. The van der Waals surface area contributed by atoms with Gasteiger partial charge in [0.1, 0.15) is 6.61 Å². The van der Waals surface area contributed by atoms with Crippen LogP contribution in [0.1, 0.15) is 16.7 Å². The third-order valence-corrected chi connectivity index (χ3v) is 2.90. The minimum Gasteiger partial charge on any atom is -0.428 e. The third kappa shape index (κ3) is 4.60. The van der Waals surface area contributed by atoms with E-state index in [-0.39, 0.29) is 12.4 Å². The molecule has 2 rings (SSSR count). The van der Waals surface area contributed by atoms with E-state index in [1.807, 2.05) is 42.5 Å². The molecule has 0 bridgehead atoms. The van der Waals surface area contributed by atoms with E-state index >= 15 is 0 Å². The van der Waals surface area contributed by atoms with E-state index in [0.717, 1.165) is 11.1 Å². The van der Waals surface area contributed by atoms with E-state index in [1.54, 1.807) is 12.1 Å². The van der Waals surface area contributed by atoms with E-state index < -0.39 is 6.16 Å². The van der Waals surface area contributed by atoms with Crippen LogP contribution in [0.4, 0.5) is 4.79 Å². The summed E-state index contributed by atoms with van der Waals surface area (Å²) in [6.07, 6.45) is -0.912. The molecule has 0 radical (unpaired) electrons.